The fourth-order valence-electron chi connectivity index (χ4n) is 2.34. The van der Waals surface area contributed by atoms with Crippen molar-refractivity contribution in [3.63, 3.8) is 0 Å². The van der Waals surface area contributed by atoms with E-state index in [-0.39, 0.29) is 11.8 Å². The fraction of sp³-hybridized carbons (Fsp3) is 0.467. The van der Waals surface area contributed by atoms with E-state index in [2.05, 4.69) is 0 Å². The van der Waals surface area contributed by atoms with E-state index in [0.717, 1.165) is 5.56 Å². The van der Waals surface area contributed by atoms with Gasteiger partial charge in [-0.15, -0.1) is 0 Å². The molecule has 20 heavy (non-hydrogen) atoms. The third kappa shape index (κ3) is 2.99. The van der Waals surface area contributed by atoms with Gasteiger partial charge in [0.15, 0.2) is 0 Å². The molecule has 1 fully saturated rings. The standard InChI is InChI=1S/C15H19NO4/c1-10(15(18)19)13-7-16(8-13)14(17)12-5-3-4-11(6-12)9-20-2/h3-6,10,13H,7-9H2,1-2H3,(H,18,19). The monoisotopic (exact) mass is 277 g/mol. The van der Waals surface area contributed by atoms with E-state index in [4.69, 9.17) is 9.84 Å². The molecule has 1 saturated heterocycles. The zero-order valence-corrected chi connectivity index (χ0v) is 11.7. The van der Waals surface area contributed by atoms with E-state index in [9.17, 15) is 9.59 Å². The van der Waals surface area contributed by atoms with Gasteiger partial charge in [0.05, 0.1) is 12.5 Å². The highest BCUT2D eigenvalue weighted by Crippen LogP contribution is 2.25. The lowest BCUT2D eigenvalue weighted by Crippen LogP contribution is -2.53. The molecule has 5 nitrogen and oxygen atoms in total. The lowest BCUT2D eigenvalue weighted by molar-refractivity contribution is -0.144. The van der Waals surface area contributed by atoms with Gasteiger partial charge >= 0.3 is 5.97 Å². The first-order valence-electron chi connectivity index (χ1n) is 6.63. The van der Waals surface area contributed by atoms with Crippen molar-refractivity contribution < 1.29 is 19.4 Å². The zero-order chi connectivity index (χ0) is 14.7. The number of carbonyl (C=O) groups excluding carboxylic acids is 1. The Hall–Kier alpha value is -1.88. The maximum atomic E-state index is 12.3. The Morgan fingerprint density at radius 2 is 2.15 bits per heavy atom. The number of hydrogen-bond donors (Lipinski definition) is 1. The molecule has 1 aliphatic rings. The molecule has 0 saturated carbocycles. The molecule has 0 aromatic heterocycles. The van der Waals surface area contributed by atoms with E-state index >= 15 is 0 Å². The van der Waals surface area contributed by atoms with Crippen LogP contribution in [0.2, 0.25) is 0 Å². The highest BCUT2D eigenvalue weighted by Gasteiger charge is 2.37. The average Bonchev–Trinajstić information content (AvgIpc) is 2.37. The first-order valence-corrected chi connectivity index (χ1v) is 6.63. The Bertz CT molecular complexity index is 508. The minimum atomic E-state index is -0.802. The molecule has 1 aromatic rings. The van der Waals surface area contributed by atoms with Gasteiger partial charge in [-0.25, -0.2) is 0 Å². The van der Waals surface area contributed by atoms with Crippen LogP contribution in [0.4, 0.5) is 0 Å². The van der Waals surface area contributed by atoms with Gasteiger partial charge in [-0.05, 0) is 17.7 Å². The highest BCUT2D eigenvalue weighted by molar-refractivity contribution is 5.95. The number of rotatable bonds is 5. The quantitative estimate of drug-likeness (QED) is 0.888. The van der Waals surface area contributed by atoms with Crippen LogP contribution in [-0.4, -0.2) is 42.1 Å². The fourth-order valence-corrected chi connectivity index (χ4v) is 2.34. The number of hydrogen-bond acceptors (Lipinski definition) is 3. The Kier molecular flexibility index (Phi) is 4.39. The molecule has 1 atom stereocenters. The Labute approximate surface area is 118 Å². The molecule has 0 aliphatic carbocycles. The number of likely N-dealkylation sites (tertiary alicyclic amines) is 1. The summed E-state index contributed by atoms with van der Waals surface area (Å²) in [7, 11) is 1.61. The number of carboxylic acid groups (broad SMARTS) is 1. The van der Waals surface area contributed by atoms with E-state index < -0.39 is 11.9 Å². The highest BCUT2D eigenvalue weighted by atomic mass is 16.5. The molecule has 108 valence electrons. The largest absolute Gasteiger partial charge is 0.481 e. The lowest BCUT2D eigenvalue weighted by Gasteiger charge is -2.41. The summed E-state index contributed by atoms with van der Waals surface area (Å²) in [6.45, 7) is 3.19. The third-order valence-electron chi connectivity index (χ3n) is 3.78. The van der Waals surface area contributed by atoms with Crippen LogP contribution in [0.3, 0.4) is 0 Å². The molecular formula is C15H19NO4. The number of ether oxygens (including phenoxy) is 1. The summed E-state index contributed by atoms with van der Waals surface area (Å²) in [6, 6.07) is 7.33. The molecule has 0 bridgehead atoms. The second kappa shape index (κ2) is 6.05. The number of carbonyl (C=O) groups is 2. The van der Waals surface area contributed by atoms with Crippen LogP contribution in [-0.2, 0) is 16.1 Å². The van der Waals surface area contributed by atoms with Crippen molar-refractivity contribution in [2.75, 3.05) is 20.2 Å². The number of benzene rings is 1. The summed E-state index contributed by atoms with van der Waals surface area (Å²) in [4.78, 5) is 24.8. The number of carboxylic acids is 1. The van der Waals surface area contributed by atoms with Gasteiger partial charge in [0.1, 0.15) is 0 Å². The van der Waals surface area contributed by atoms with Crippen molar-refractivity contribution in [2.45, 2.75) is 13.5 Å². The topological polar surface area (TPSA) is 66.8 Å². The summed E-state index contributed by atoms with van der Waals surface area (Å²) in [5.41, 5.74) is 1.58. The van der Waals surface area contributed by atoms with Crippen molar-refractivity contribution in [1.82, 2.24) is 4.90 Å². The SMILES string of the molecule is COCc1cccc(C(=O)N2CC(C(C)C(=O)O)C2)c1. The second-order valence-corrected chi connectivity index (χ2v) is 5.23. The van der Waals surface area contributed by atoms with Crippen LogP contribution in [0.5, 0.6) is 0 Å². The molecule has 5 heteroatoms. The van der Waals surface area contributed by atoms with Crippen molar-refractivity contribution in [3.05, 3.63) is 35.4 Å². The van der Waals surface area contributed by atoms with Gasteiger partial charge in [-0.2, -0.15) is 0 Å². The van der Waals surface area contributed by atoms with E-state index in [0.29, 0.717) is 25.3 Å². The molecule has 1 aromatic carbocycles. The van der Waals surface area contributed by atoms with Crippen molar-refractivity contribution in [3.8, 4) is 0 Å². The lowest BCUT2D eigenvalue weighted by atomic mass is 9.86. The zero-order valence-electron chi connectivity index (χ0n) is 11.7. The van der Waals surface area contributed by atoms with Crippen molar-refractivity contribution in [2.24, 2.45) is 11.8 Å². The van der Waals surface area contributed by atoms with Crippen LogP contribution in [0, 0.1) is 11.8 Å². The van der Waals surface area contributed by atoms with Gasteiger partial charge in [-0.1, -0.05) is 19.1 Å². The number of methoxy groups -OCH3 is 1. The number of amides is 1. The van der Waals surface area contributed by atoms with Crippen LogP contribution in [0.25, 0.3) is 0 Å². The first-order chi connectivity index (χ1) is 9.52. The molecule has 1 heterocycles. The summed E-state index contributed by atoms with van der Waals surface area (Å²) in [5.74, 6) is -1.20. The minimum absolute atomic E-state index is 0.0446. The van der Waals surface area contributed by atoms with E-state index in [1.165, 1.54) is 0 Å². The summed E-state index contributed by atoms with van der Waals surface area (Å²) in [5, 5.41) is 8.94. The van der Waals surface area contributed by atoms with Gasteiger partial charge in [0, 0.05) is 31.7 Å². The second-order valence-electron chi connectivity index (χ2n) is 5.23. The molecular weight excluding hydrogens is 258 g/mol. The Balaban J connectivity index is 1.97. The third-order valence-corrected chi connectivity index (χ3v) is 3.78. The number of aliphatic carboxylic acids is 1. The molecule has 1 N–H and O–H groups in total. The summed E-state index contributed by atoms with van der Waals surface area (Å²) >= 11 is 0. The Morgan fingerprint density at radius 1 is 1.45 bits per heavy atom. The molecule has 0 spiro atoms. The molecule has 0 radical (unpaired) electrons. The maximum Gasteiger partial charge on any atom is 0.306 e. The van der Waals surface area contributed by atoms with Crippen molar-refractivity contribution >= 4 is 11.9 Å². The van der Waals surface area contributed by atoms with E-state index in [1.807, 2.05) is 18.2 Å². The number of nitrogens with zero attached hydrogens (tertiary/aromatic N) is 1. The smallest absolute Gasteiger partial charge is 0.306 e. The predicted octanol–water partition coefficient (Wildman–Crippen LogP) is 1.63. The van der Waals surface area contributed by atoms with Crippen LogP contribution in [0.15, 0.2) is 24.3 Å². The first kappa shape index (κ1) is 14.5. The van der Waals surface area contributed by atoms with Crippen LogP contribution in [0.1, 0.15) is 22.8 Å². The Morgan fingerprint density at radius 3 is 2.75 bits per heavy atom. The van der Waals surface area contributed by atoms with Gasteiger partial charge < -0.3 is 14.7 Å². The molecule has 1 amide bonds. The minimum Gasteiger partial charge on any atom is -0.481 e. The normalized spacial score (nSPS) is 16.6. The predicted molar refractivity (Wildman–Crippen MR) is 73.3 cm³/mol. The van der Waals surface area contributed by atoms with Gasteiger partial charge in [0.25, 0.3) is 5.91 Å². The average molecular weight is 277 g/mol. The van der Waals surface area contributed by atoms with Gasteiger partial charge in [0.2, 0.25) is 0 Å². The van der Waals surface area contributed by atoms with Crippen LogP contribution < -0.4 is 0 Å². The van der Waals surface area contributed by atoms with Crippen molar-refractivity contribution in [1.29, 1.82) is 0 Å². The van der Waals surface area contributed by atoms with Crippen LogP contribution >= 0.6 is 0 Å². The summed E-state index contributed by atoms with van der Waals surface area (Å²) < 4.78 is 5.05. The maximum absolute atomic E-state index is 12.3. The molecule has 2 rings (SSSR count). The molecule has 1 unspecified atom stereocenters. The molecule has 1 aliphatic heterocycles. The van der Waals surface area contributed by atoms with E-state index in [1.54, 1.807) is 25.0 Å². The summed E-state index contributed by atoms with van der Waals surface area (Å²) in [6.07, 6.45) is 0. The van der Waals surface area contributed by atoms with Gasteiger partial charge in [-0.3, -0.25) is 9.59 Å².